The summed E-state index contributed by atoms with van der Waals surface area (Å²) >= 11 is 1.14. The first-order chi connectivity index (χ1) is 12.0. The summed E-state index contributed by atoms with van der Waals surface area (Å²) in [5, 5.41) is 3.42. The molecule has 0 saturated carbocycles. The fourth-order valence-electron chi connectivity index (χ4n) is 2.91. The van der Waals surface area contributed by atoms with Crippen LogP contribution >= 0.6 is 11.3 Å². The van der Waals surface area contributed by atoms with Gasteiger partial charge in [0, 0.05) is 24.0 Å². The molecule has 0 atom stereocenters. The zero-order valence-corrected chi connectivity index (χ0v) is 13.9. The Hall–Kier alpha value is -3.07. The van der Waals surface area contributed by atoms with Crippen LogP contribution in [0.25, 0.3) is 21.5 Å². The van der Waals surface area contributed by atoms with E-state index >= 15 is 0 Å². The van der Waals surface area contributed by atoms with Crippen LogP contribution in [-0.2, 0) is 4.79 Å². The average molecular weight is 357 g/mol. The lowest BCUT2D eigenvalue weighted by atomic mass is 10.1. The third-order valence-electron chi connectivity index (χ3n) is 4.06. The van der Waals surface area contributed by atoms with Gasteiger partial charge in [0.05, 0.1) is 18.5 Å². The quantitative estimate of drug-likeness (QED) is 0.646. The minimum absolute atomic E-state index is 0.0591. The Bertz CT molecular complexity index is 979. The van der Waals surface area contributed by atoms with Crippen LogP contribution in [0.3, 0.4) is 0 Å². The van der Waals surface area contributed by atoms with E-state index in [0.29, 0.717) is 40.6 Å². The molecule has 5 N–H and O–H groups in total. The lowest BCUT2D eigenvalue weighted by Gasteiger charge is -2.27. The average Bonchev–Trinajstić information content (AvgIpc) is 3.22. The van der Waals surface area contributed by atoms with E-state index in [-0.39, 0.29) is 17.3 Å². The van der Waals surface area contributed by atoms with Gasteiger partial charge in [-0.15, -0.1) is 11.3 Å². The summed E-state index contributed by atoms with van der Waals surface area (Å²) in [5.74, 6) is 0.586. The summed E-state index contributed by atoms with van der Waals surface area (Å²) < 4.78 is 5.52. The van der Waals surface area contributed by atoms with Gasteiger partial charge in [0.1, 0.15) is 21.3 Å². The number of nitrogens with two attached hydrogens (primary N) is 2. The highest BCUT2D eigenvalue weighted by molar-refractivity contribution is 7.21. The van der Waals surface area contributed by atoms with Gasteiger partial charge in [-0.05, 0) is 18.2 Å². The van der Waals surface area contributed by atoms with Gasteiger partial charge in [-0.25, -0.2) is 4.98 Å². The maximum atomic E-state index is 11.7. The largest absolute Gasteiger partial charge is 0.464 e. The zero-order valence-electron chi connectivity index (χ0n) is 13.1. The number of carbonyl (C=O) groups excluding carboxylic acids is 2. The van der Waals surface area contributed by atoms with E-state index in [1.165, 1.54) is 0 Å². The zero-order chi connectivity index (χ0) is 17.6. The van der Waals surface area contributed by atoms with Crippen molar-refractivity contribution in [1.82, 2.24) is 10.3 Å². The molecule has 1 saturated heterocycles. The van der Waals surface area contributed by atoms with Gasteiger partial charge >= 0.3 is 0 Å². The Labute approximate surface area is 146 Å². The van der Waals surface area contributed by atoms with E-state index in [4.69, 9.17) is 15.9 Å². The smallest absolute Gasteiger partial charge is 0.260 e. The molecule has 1 aliphatic rings. The number of pyridine rings is 1. The highest BCUT2D eigenvalue weighted by Gasteiger charge is 2.24. The number of rotatable bonds is 3. The van der Waals surface area contributed by atoms with E-state index in [2.05, 4.69) is 10.3 Å². The maximum absolute atomic E-state index is 11.7. The molecule has 0 aliphatic carbocycles. The first kappa shape index (κ1) is 15.5. The number of primary amides is 1. The molecule has 4 rings (SSSR count). The van der Waals surface area contributed by atoms with Gasteiger partial charge in [0.15, 0.2) is 0 Å². The molecule has 3 aromatic rings. The van der Waals surface area contributed by atoms with Gasteiger partial charge in [-0.1, -0.05) is 0 Å². The van der Waals surface area contributed by atoms with E-state index in [1.807, 2.05) is 17.0 Å². The number of hydrogen-bond donors (Lipinski definition) is 3. The van der Waals surface area contributed by atoms with Crippen LogP contribution in [0.15, 0.2) is 28.9 Å². The van der Waals surface area contributed by atoms with Crippen LogP contribution in [0.1, 0.15) is 9.67 Å². The Morgan fingerprint density at radius 2 is 2.28 bits per heavy atom. The van der Waals surface area contributed by atoms with Crippen LogP contribution in [0.2, 0.25) is 0 Å². The predicted molar refractivity (Wildman–Crippen MR) is 95.5 cm³/mol. The molecule has 4 heterocycles. The maximum Gasteiger partial charge on any atom is 0.260 e. The number of thiophene rings is 1. The molecule has 1 fully saturated rings. The Kier molecular flexibility index (Phi) is 3.57. The molecule has 0 unspecified atom stereocenters. The Morgan fingerprint density at radius 3 is 2.96 bits per heavy atom. The minimum atomic E-state index is -0.593. The fourth-order valence-corrected chi connectivity index (χ4v) is 3.88. The highest BCUT2D eigenvalue weighted by Crippen LogP contribution is 2.41. The van der Waals surface area contributed by atoms with Crippen molar-refractivity contribution in [2.75, 3.05) is 30.3 Å². The number of furan rings is 1. The lowest BCUT2D eigenvalue weighted by Crippen LogP contribution is -2.48. The second kappa shape index (κ2) is 5.78. The highest BCUT2D eigenvalue weighted by atomic mass is 32.1. The summed E-state index contributed by atoms with van der Waals surface area (Å²) in [6, 6.07) is 5.41. The van der Waals surface area contributed by atoms with Gasteiger partial charge < -0.3 is 26.1 Å². The molecule has 0 bridgehead atoms. The molecule has 0 aromatic carbocycles. The van der Waals surface area contributed by atoms with E-state index < -0.39 is 5.91 Å². The van der Waals surface area contributed by atoms with Crippen molar-refractivity contribution in [1.29, 1.82) is 0 Å². The predicted octanol–water partition coefficient (Wildman–Crippen LogP) is 1.17. The van der Waals surface area contributed by atoms with Crippen molar-refractivity contribution in [3.63, 3.8) is 0 Å². The SMILES string of the molecule is NC(=O)c1sc2nc(N3CCNC(=O)C3)cc(-c3ccco3)c2c1N. The number of fused-ring (bicyclic) bond motifs is 1. The molecule has 1 aliphatic heterocycles. The number of anilines is 2. The second-order valence-electron chi connectivity index (χ2n) is 5.67. The molecule has 8 nitrogen and oxygen atoms in total. The summed E-state index contributed by atoms with van der Waals surface area (Å²) in [7, 11) is 0. The number of nitrogens with one attached hydrogen (secondary N) is 1. The van der Waals surface area contributed by atoms with Crippen molar-refractivity contribution in [3.8, 4) is 11.3 Å². The normalized spacial score (nSPS) is 14.7. The van der Waals surface area contributed by atoms with Crippen molar-refractivity contribution in [3.05, 3.63) is 29.3 Å². The van der Waals surface area contributed by atoms with Crippen molar-refractivity contribution in [2.24, 2.45) is 5.73 Å². The Morgan fingerprint density at radius 1 is 1.44 bits per heavy atom. The molecule has 0 spiro atoms. The monoisotopic (exact) mass is 357 g/mol. The molecule has 2 amide bonds. The molecule has 9 heteroatoms. The molecule has 128 valence electrons. The first-order valence-corrected chi connectivity index (χ1v) is 8.44. The molecular formula is C16H15N5O3S. The van der Waals surface area contributed by atoms with Gasteiger partial charge in [0.25, 0.3) is 5.91 Å². The van der Waals surface area contributed by atoms with Crippen molar-refractivity contribution < 1.29 is 14.0 Å². The number of aromatic nitrogens is 1. The first-order valence-electron chi connectivity index (χ1n) is 7.63. The third kappa shape index (κ3) is 2.58. The van der Waals surface area contributed by atoms with Crippen LogP contribution in [0.4, 0.5) is 11.5 Å². The number of hydrogen-bond acceptors (Lipinski definition) is 7. The summed E-state index contributed by atoms with van der Waals surface area (Å²) in [4.78, 5) is 30.7. The standard InChI is InChI=1S/C16H15N5O3S/c17-13-12-8(9-2-1-5-24-9)6-10(21-4-3-19-11(22)7-21)20-16(12)25-14(13)15(18)23/h1-2,5-6H,3-4,7,17H2,(H2,18,23)(H,19,22). The molecule has 25 heavy (non-hydrogen) atoms. The number of nitrogens with zero attached hydrogens (tertiary/aromatic N) is 2. The van der Waals surface area contributed by atoms with Crippen LogP contribution in [-0.4, -0.2) is 36.4 Å². The summed E-state index contributed by atoms with van der Waals surface area (Å²) in [6.07, 6.45) is 1.56. The summed E-state index contributed by atoms with van der Waals surface area (Å²) in [6.45, 7) is 1.42. The van der Waals surface area contributed by atoms with Gasteiger partial charge in [0.2, 0.25) is 5.91 Å². The molecule has 0 radical (unpaired) electrons. The molecular weight excluding hydrogens is 342 g/mol. The Balaban J connectivity index is 1.94. The summed E-state index contributed by atoms with van der Waals surface area (Å²) in [5.41, 5.74) is 12.6. The minimum Gasteiger partial charge on any atom is -0.464 e. The number of piperazine rings is 1. The van der Waals surface area contributed by atoms with Gasteiger partial charge in [-0.2, -0.15) is 0 Å². The van der Waals surface area contributed by atoms with Crippen molar-refractivity contribution in [2.45, 2.75) is 0 Å². The van der Waals surface area contributed by atoms with Crippen molar-refractivity contribution >= 4 is 44.9 Å². The van der Waals surface area contributed by atoms with Crippen LogP contribution < -0.4 is 21.7 Å². The topological polar surface area (TPSA) is 127 Å². The van der Waals surface area contributed by atoms with E-state index in [0.717, 1.165) is 16.9 Å². The fraction of sp³-hybridized carbons (Fsp3) is 0.188. The van der Waals surface area contributed by atoms with Crippen LogP contribution in [0, 0.1) is 0 Å². The van der Waals surface area contributed by atoms with E-state index in [1.54, 1.807) is 12.3 Å². The molecule has 3 aromatic heterocycles. The van der Waals surface area contributed by atoms with E-state index in [9.17, 15) is 9.59 Å². The third-order valence-corrected chi connectivity index (χ3v) is 5.17. The van der Waals surface area contributed by atoms with Crippen LogP contribution in [0.5, 0.6) is 0 Å². The van der Waals surface area contributed by atoms with Gasteiger partial charge in [-0.3, -0.25) is 9.59 Å². The lowest BCUT2D eigenvalue weighted by molar-refractivity contribution is -0.120. The number of amides is 2. The second-order valence-corrected chi connectivity index (χ2v) is 6.67. The number of nitrogen functional groups attached to an aromatic ring is 1. The number of carbonyl (C=O) groups is 2.